The second-order valence-corrected chi connectivity index (χ2v) is 7.05. The molecule has 1 rings (SSSR count). The molecule has 2 N–H and O–H groups in total. The first-order valence-electron chi connectivity index (χ1n) is 6.66. The summed E-state index contributed by atoms with van der Waals surface area (Å²) in [7, 11) is -1.74. The van der Waals surface area contributed by atoms with Gasteiger partial charge in [0.1, 0.15) is 0 Å². The molecule has 1 fully saturated rings. The van der Waals surface area contributed by atoms with E-state index in [1.54, 1.807) is 7.11 Å². The maximum absolute atomic E-state index is 11.7. The van der Waals surface area contributed by atoms with Crippen LogP contribution in [0.25, 0.3) is 0 Å². The molecule has 0 saturated heterocycles. The third kappa shape index (κ3) is 6.13. The van der Waals surface area contributed by atoms with Crippen molar-refractivity contribution in [1.82, 2.24) is 4.72 Å². The molecule has 0 aliphatic heterocycles. The molecule has 18 heavy (non-hydrogen) atoms. The Hall–Kier alpha value is -0.170. The van der Waals surface area contributed by atoms with Crippen molar-refractivity contribution in [2.75, 3.05) is 26.0 Å². The third-order valence-corrected chi connectivity index (χ3v) is 4.83. The van der Waals surface area contributed by atoms with E-state index < -0.39 is 15.6 Å². The zero-order chi connectivity index (χ0) is 13.5. The Morgan fingerprint density at radius 3 is 2.39 bits per heavy atom. The van der Waals surface area contributed by atoms with E-state index in [9.17, 15) is 13.5 Å². The molecule has 0 aromatic heterocycles. The summed E-state index contributed by atoms with van der Waals surface area (Å²) in [5, 5.41) is 10.3. The zero-order valence-corrected chi connectivity index (χ0v) is 12.0. The van der Waals surface area contributed by atoms with Crippen LogP contribution >= 0.6 is 0 Å². The number of sulfonamides is 1. The van der Waals surface area contributed by atoms with Gasteiger partial charge in [0.05, 0.1) is 11.4 Å². The lowest BCUT2D eigenvalue weighted by Crippen LogP contribution is -2.43. The molecule has 1 aliphatic rings. The second kappa shape index (κ2) is 7.43. The first-order chi connectivity index (χ1) is 8.47. The predicted molar refractivity (Wildman–Crippen MR) is 70.9 cm³/mol. The van der Waals surface area contributed by atoms with Gasteiger partial charge in [-0.1, -0.05) is 25.7 Å². The fourth-order valence-electron chi connectivity index (χ4n) is 2.27. The molecule has 0 unspecified atom stereocenters. The topological polar surface area (TPSA) is 75.6 Å². The first kappa shape index (κ1) is 15.9. The quantitative estimate of drug-likeness (QED) is 0.539. The van der Waals surface area contributed by atoms with Gasteiger partial charge in [0.15, 0.2) is 0 Å². The first-order valence-corrected chi connectivity index (χ1v) is 8.31. The van der Waals surface area contributed by atoms with E-state index in [1.165, 1.54) is 0 Å². The van der Waals surface area contributed by atoms with Gasteiger partial charge in [-0.3, -0.25) is 0 Å². The maximum atomic E-state index is 11.7. The molecule has 6 heteroatoms. The Balaban J connectivity index is 2.37. The van der Waals surface area contributed by atoms with E-state index >= 15 is 0 Å². The molecular formula is C12H25NO4S. The maximum Gasteiger partial charge on any atom is 0.211 e. The van der Waals surface area contributed by atoms with E-state index in [1.807, 2.05) is 0 Å². The van der Waals surface area contributed by atoms with Crippen molar-refractivity contribution in [3.63, 3.8) is 0 Å². The molecule has 5 nitrogen and oxygen atoms in total. The van der Waals surface area contributed by atoms with Crippen molar-refractivity contribution in [3.05, 3.63) is 0 Å². The summed E-state index contributed by atoms with van der Waals surface area (Å²) in [5.74, 6) is 0.0525. The molecule has 108 valence electrons. The molecule has 1 saturated carbocycles. The highest BCUT2D eigenvalue weighted by Gasteiger charge is 2.29. The number of methoxy groups -OCH3 is 1. The summed E-state index contributed by atoms with van der Waals surface area (Å²) >= 11 is 0. The van der Waals surface area contributed by atoms with Gasteiger partial charge in [0, 0.05) is 20.3 Å². The van der Waals surface area contributed by atoms with Gasteiger partial charge in [-0.2, -0.15) is 0 Å². The lowest BCUT2D eigenvalue weighted by Gasteiger charge is -2.26. The van der Waals surface area contributed by atoms with Crippen molar-refractivity contribution < 1.29 is 18.3 Å². The predicted octanol–water partition coefficient (Wildman–Crippen LogP) is 1.03. The SMILES string of the molecule is COCCCS(=O)(=O)NCC1(O)CCCCCC1. The van der Waals surface area contributed by atoms with E-state index in [-0.39, 0.29) is 12.3 Å². The van der Waals surface area contributed by atoms with Crippen LogP contribution in [-0.2, 0) is 14.8 Å². The van der Waals surface area contributed by atoms with Crippen LogP contribution in [0, 0.1) is 0 Å². The molecule has 0 radical (unpaired) electrons. The van der Waals surface area contributed by atoms with Crippen molar-refractivity contribution in [2.24, 2.45) is 0 Å². The summed E-state index contributed by atoms with van der Waals surface area (Å²) in [6, 6.07) is 0. The third-order valence-electron chi connectivity index (χ3n) is 3.42. The van der Waals surface area contributed by atoms with E-state index in [0.29, 0.717) is 25.9 Å². The Bertz CT molecular complexity index is 321. The number of hydrogen-bond acceptors (Lipinski definition) is 4. The van der Waals surface area contributed by atoms with Gasteiger partial charge >= 0.3 is 0 Å². The van der Waals surface area contributed by atoms with Crippen LogP contribution < -0.4 is 4.72 Å². The molecule has 0 heterocycles. The summed E-state index contributed by atoms with van der Waals surface area (Å²) in [6.07, 6.45) is 6.06. The van der Waals surface area contributed by atoms with Crippen molar-refractivity contribution in [1.29, 1.82) is 0 Å². The minimum absolute atomic E-state index is 0.0525. The fraction of sp³-hybridized carbons (Fsp3) is 1.00. The summed E-state index contributed by atoms with van der Waals surface area (Å²) in [6.45, 7) is 0.577. The minimum Gasteiger partial charge on any atom is -0.389 e. The molecule has 0 aromatic carbocycles. The summed E-state index contributed by atoms with van der Waals surface area (Å²) in [5.41, 5.74) is -0.856. The second-order valence-electron chi connectivity index (χ2n) is 5.12. The zero-order valence-electron chi connectivity index (χ0n) is 11.2. The van der Waals surface area contributed by atoms with Crippen molar-refractivity contribution in [3.8, 4) is 0 Å². The molecule has 0 amide bonds. The number of hydrogen-bond donors (Lipinski definition) is 2. The minimum atomic E-state index is -3.29. The van der Waals surface area contributed by atoms with Crippen LogP contribution in [0.1, 0.15) is 44.9 Å². The highest BCUT2D eigenvalue weighted by atomic mass is 32.2. The van der Waals surface area contributed by atoms with Gasteiger partial charge in [-0.15, -0.1) is 0 Å². The molecular weight excluding hydrogens is 254 g/mol. The monoisotopic (exact) mass is 279 g/mol. The lowest BCUT2D eigenvalue weighted by molar-refractivity contribution is 0.0303. The molecule has 0 bridgehead atoms. The average molecular weight is 279 g/mol. The number of nitrogens with one attached hydrogen (secondary N) is 1. The van der Waals surface area contributed by atoms with Crippen LogP contribution in [0.4, 0.5) is 0 Å². The van der Waals surface area contributed by atoms with E-state index in [4.69, 9.17) is 4.74 Å². The van der Waals surface area contributed by atoms with Crippen LogP contribution in [-0.4, -0.2) is 45.1 Å². The molecule has 0 atom stereocenters. The van der Waals surface area contributed by atoms with Crippen LogP contribution in [0.3, 0.4) is 0 Å². The molecule has 1 aliphatic carbocycles. The Morgan fingerprint density at radius 1 is 1.22 bits per heavy atom. The highest BCUT2D eigenvalue weighted by molar-refractivity contribution is 7.89. The largest absolute Gasteiger partial charge is 0.389 e. The Kier molecular flexibility index (Phi) is 6.55. The summed E-state index contributed by atoms with van der Waals surface area (Å²) < 4.78 is 30.7. The lowest BCUT2D eigenvalue weighted by atomic mass is 9.95. The van der Waals surface area contributed by atoms with Crippen LogP contribution in [0.2, 0.25) is 0 Å². The standard InChI is InChI=1S/C12H25NO4S/c1-17-9-6-10-18(15,16)13-11-12(14)7-4-2-3-5-8-12/h13-14H,2-11H2,1H3. The van der Waals surface area contributed by atoms with Crippen molar-refractivity contribution >= 4 is 10.0 Å². The van der Waals surface area contributed by atoms with Crippen LogP contribution in [0.15, 0.2) is 0 Å². The molecule has 0 aromatic rings. The van der Waals surface area contributed by atoms with Gasteiger partial charge in [-0.05, 0) is 19.3 Å². The van der Waals surface area contributed by atoms with Gasteiger partial charge in [0.2, 0.25) is 10.0 Å². The van der Waals surface area contributed by atoms with Gasteiger partial charge in [0.25, 0.3) is 0 Å². The smallest absolute Gasteiger partial charge is 0.211 e. The highest BCUT2D eigenvalue weighted by Crippen LogP contribution is 2.26. The number of ether oxygens (including phenoxy) is 1. The Labute approximate surface area is 110 Å². The number of aliphatic hydroxyl groups is 1. The Morgan fingerprint density at radius 2 is 1.83 bits per heavy atom. The van der Waals surface area contributed by atoms with Gasteiger partial charge in [-0.25, -0.2) is 13.1 Å². The van der Waals surface area contributed by atoms with Gasteiger partial charge < -0.3 is 9.84 Å². The average Bonchev–Trinajstić information content (AvgIpc) is 2.53. The fourth-order valence-corrected chi connectivity index (χ4v) is 3.40. The summed E-state index contributed by atoms with van der Waals surface area (Å²) in [4.78, 5) is 0. The molecule has 0 spiro atoms. The number of rotatable bonds is 7. The van der Waals surface area contributed by atoms with E-state index in [0.717, 1.165) is 25.7 Å². The van der Waals surface area contributed by atoms with Crippen molar-refractivity contribution in [2.45, 2.75) is 50.5 Å². The normalized spacial score (nSPS) is 20.6. The van der Waals surface area contributed by atoms with Crippen LogP contribution in [0.5, 0.6) is 0 Å². The van der Waals surface area contributed by atoms with E-state index in [2.05, 4.69) is 4.72 Å².